The van der Waals surface area contributed by atoms with Crippen molar-refractivity contribution in [2.45, 2.75) is 18.9 Å². The van der Waals surface area contributed by atoms with E-state index < -0.39 is 6.09 Å². The maximum atomic E-state index is 10.8. The molecule has 2 N–H and O–H groups in total. The van der Waals surface area contributed by atoms with Gasteiger partial charge in [-0.15, -0.1) is 0 Å². The molecule has 0 fully saturated rings. The quantitative estimate of drug-likeness (QED) is 0.825. The zero-order chi connectivity index (χ0) is 15.0. The standard InChI is InChI=1S/C16H13Cl2NO2/c17-13-5-2-10(8-14(13)18)9-1-4-12-11(7-9)3-6-15(12)19-16(20)21/h1-2,4-5,7-8,15,19H,3,6H2,(H,20,21). The smallest absolute Gasteiger partial charge is 0.405 e. The molecule has 3 rings (SSSR count). The van der Waals surface area contributed by atoms with Crippen LogP contribution in [0.3, 0.4) is 0 Å². The van der Waals surface area contributed by atoms with Crippen LogP contribution < -0.4 is 5.32 Å². The molecule has 3 nitrogen and oxygen atoms in total. The van der Waals surface area contributed by atoms with Gasteiger partial charge in [-0.05, 0) is 47.2 Å². The second-order valence-electron chi connectivity index (χ2n) is 5.08. The van der Waals surface area contributed by atoms with E-state index in [4.69, 9.17) is 28.3 Å². The van der Waals surface area contributed by atoms with Crippen molar-refractivity contribution in [2.24, 2.45) is 0 Å². The van der Waals surface area contributed by atoms with Gasteiger partial charge in [0, 0.05) is 0 Å². The molecule has 21 heavy (non-hydrogen) atoms. The first-order valence-corrected chi connectivity index (χ1v) is 7.38. The average molecular weight is 322 g/mol. The summed E-state index contributed by atoms with van der Waals surface area (Å²) >= 11 is 12.0. The van der Waals surface area contributed by atoms with Crippen LogP contribution in [0.2, 0.25) is 10.0 Å². The van der Waals surface area contributed by atoms with E-state index in [1.807, 2.05) is 24.3 Å². The topological polar surface area (TPSA) is 49.3 Å². The normalized spacial score (nSPS) is 16.6. The number of rotatable bonds is 2. The third-order valence-electron chi connectivity index (χ3n) is 3.77. The van der Waals surface area contributed by atoms with Gasteiger partial charge in [0.05, 0.1) is 16.1 Å². The van der Waals surface area contributed by atoms with Gasteiger partial charge in [0.25, 0.3) is 0 Å². The number of halogens is 2. The molecule has 0 aliphatic heterocycles. The zero-order valence-electron chi connectivity index (χ0n) is 11.1. The van der Waals surface area contributed by atoms with Crippen LogP contribution in [0.5, 0.6) is 0 Å². The van der Waals surface area contributed by atoms with Crippen LogP contribution in [-0.4, -0.2) is 11.2 Å². The van der Waals surface area contributed by atoms with Gasteiger partial charge in [0.2, 0.25) is 0 Å². The van der Waals surface area contributed by atoms with Crippen LogP contribution in [0.15, 0.2) is 36.4 Å². The largest absolute Gasteiger partial charge is 0.465 e. The summed E-state index contributed by atoms with van der Waals surface area (Å²) in [5, 5.41) is 12.5. The van der Waals surface area contributed by atoms with Crippen LogP contribution in [0, 0.1) is 0 Å². The van der Waals surface area contributed by atoms with Crippen molar-refractivity contribution < 1.29 is 9.90 Å². The van der Waals surface area contributed by atoms with Gasteiger partial charge >= 0.3 is 6.09 Å². The molecule has 1 aliphatic carbocycles. The molecule has 0 radical (unpaired) electrons. The number of hydrogen-bond acceptors (Lipinski definition) is 1. The second-order valence-corrected chi connectivity index (χ2v) is 5.90. The minimum Gasteiger partial charge on any atom is -0.465 e. The predicted octanol–water partition coefficient (Wildman–Crippen LogP) is 4.92. The Morgan fingerprint density at radius 3 is 2.52 bits per heavy atom. The minimum absolute atomic E-state index is 0.111. The number of fused-ring (bicyclic) bond motifs is 1. The molecule has 0 bridgehead atoms. The third-order valence-corrected chi connectivity index (χ3v) is 4.51. The summed E-state index contributed by atoms with van der Waals surface area (Å²) < 4.78 is 0. The number of carboxylic acid groups (broad SMARTS) is 1. The van der Waals surface area contributed by atoms with Crippen LogP contribution in [-0.2, 0) is 6.42 Å². The van der Waals surface area contributed by atoms with Gasteiger partial charge in [0.15, 0.2) is 0 Å². The molecule has 1 amide bonds. The third kappa shape index (κ3) is 2.85. The van der Waals surface area contributed by atoms with Crippen molar-refractivity contribution in [3.8, 4) is 11.1 Å². The first-order chi connectivity index (χ1) is 10.0. The monoisotopic (exact) mass is 321 g/mol. The molecule has 5 heteroatoms. The van der Waals surface area contributed by atoms with E-state index in [0.29, 0.717) is 10.0 Å². The highest BCUT2D eigenvalue weighted by Crippen LogP contribution is 2.35. The summed E-state index contributed by atoms with van der Waals surface area (Å²) in [5.41, 5.74) is 4.30. The Morgan fingerprint density at radius 2 is 1.81 bits per heavy atom. The SMILES string of the molecule is O=C(O)NC1CCc2cc(-c3ccc(Cl)c(Cl)c3)ccc21. The van der Waals surface area contributed by atoms with Crippen LogP contribution in [0.4, 0.5) is 4.79 Å². The fourth-order valence-electron chi connectivity index (χ4n) is 2.77. The maximum absolute atomic E-state index is 10.8. The van der Waals surface area contributed by atoms with Crippen molar-refractivity contribution in [3.63, 3.8) is 0 Å². The van der Waals surface area contributed by atoms with Crippen molar-refractivity contribution >= 4 is 29.3 Å². The highest BCUT2D eigenvalue weighted by atomic mass is 35.5. The summed E-state index contributed by atoms with van der Waals surface area (Å²) in [4.78, 5) is 10.8. The van der Waals surface area contributed by atoms with Gasteiger partial charge in [-0.25, -0.2) is 4.79 Å². The molecular weight excluding hydrogens is 309 g/mol. The Morgan fingerprint density at radius 1 is 1.10 bits per heavy atom. The summed E-state index contributed by atoms with van der Waals surface area (Å²) in [7, 11) is 0. The van der Waals surface area contributed by atoms with E-state index in [2.05, 4.69) is 11.4 Å². The van der Waals surface area contributed by atoms with Crippen molar-refractivity contribution in [1.29, 1.82) is 0 Å². The van der Waals surface area contributed by atoms with Gasteiger partial charge in [-0.1, -0.05) is 47.5 Å². The van der Waals surface area contributed by atoms with Gasteiger partial charge in [-0.2, -0.15) is 0 Å². The lowest BCUT2D eigenvalue weighted by molar-refractivity contribution is 0.190. The number of benzene rings is 2. The molecule has 0 saturated carbocycles. The lowest BCUT2D eigenvalue weighted by atomic mass is 10.00. The van der Waals surface area contributed by atoms with Crippen LogP contribution >= 0.6 is 23.2 Å². The molecule has 0 saturated heterocycles. The van der Waals surface area contributed by atoms with Gasteiger partial charge < -0.3 is 10.4 Å². The number of aryl methyl sites for hydroxylation is 1. The zero-order valence-corrected chi connectivity index (χ0v) is 12.6. The summed E-state index contributed by atoms with van der Waals surface area (Å²) in [5.74, 6) is 0. The number of nitrogens with one attached hydrogen (secondary N) is 1. The van der Waals surface area contributed by atoms with E-state index in [1.165, 1.54) is 5.56 Å². The molecule has 1 atom stereocenters. The number of hydrogen-bond donors (Lipinski definition) is 2. The summed E-state index contributed by atoms with van der Waals surface area (Å²) in [6, 6.07) is 11.5. The van der Waals surface area contributed by atoms with E-state index in [-0.39, 0.29) is 6.04 Å². The fraction of sp³-hybridized carbons (Fsp3) is 0.188. The van der Waals surface area contributed by atoms with Crippen LogP contribution in [0.1, 0.15) is 23.6 Å². The first-order valence-electron chi connectivity index (χ1n) is 6.62. The second kappa shape index (κ2) is 5.58. The maximum Gasteiger partial charge on any atom is 0.405 e. The molecule has 2 aromatic carbocycles. The van der Waals surface area contributed by atoms with Crippen LogP contribution in [0.25, 0.3) is 11.1 Å². The van der Waals surface area contributed by atoms with Gasteiger partial charge in [0.1, 0.15) is 0 Å². The predicted molar refractivity (Wildman–Crippen MR) is 84.1 cm³/mol. The molecule has 0 heterocycles. The summed E-state index contributed by atoms with van der Waals surface area (Å²) in [6.45, 7) is 0. The fourth-order valence-corrected chi connectivity index (χ4v) is 3.07. The molecule has 0 spiro atoms. The lowest BCUT2D eigenvalue weighted by Crippen LogP contribution is -2.24. The highest BCUT2D eigenvalue weighted by Gasteiger charge is 2.24. The van der Waals surface area contributed by atoms with E-state index in [9.17, 15) is 4.79 Å². The lowest BCUT2D eigenvalue weighted by Gasteiger charge is -2.12. The van der Waals surface area contributed by atoms with Crippen molar-refractivity contribution in [2.75, 3.05) is 0 Å². The van der Waals surface area contributed by atoms with Gasteiger partial charge in [-0.3, -0.25) is 0 Å². The Bertz CT molecular complexity index is 715. The average Bonchev–Trinajstić information content (AvgIpc) is 2.83. The Balaban J connectivity index is 1.93. The first kappa shape index (κ1) is 14.2. The Kier molecular flexibility index (Phi) is 3.79. The van der Waals surface area contributed by atoms with E-state index in [1.54, 1.807) is 6.07 Å². The van der Waals surface area contributed by atoms with Crippen molar-refractivity contribution in [1.82, 2.24) is 5.32 Å². The molecule has 1 unspecified atom stereocenters. The highest BCUT2D eigenvalue weighted by molar-refractivity contribution is 6.42. The molecule has 1 aliphatic rings. The molecule has 108 valence electrons. The number of carbonyl (C=O) groups is 1. The molecule has 0 aromatic heterocycles. The van der Waals surface area contributed by atoms with E-state index >= 15 is 0 Å². The van der Waals surface area contributed by atoms with Crippen molar-refractivity contribution in [3.05, 3.63) is 57.6 Å². The Hall–Kier alpha value is -1.71. The molecular formula is C16H13Cl2NO2. The Labute approximate surface area is 132 Å². The van der Waals surface area contributed by atoms with E-state index in [0.717, 1.165) is 29.5 Å². The molecule has 2 aromatic rings. The number of amides is 1. The minimum atomic E-state index is -0.985. The summed E-state index contributed by atoms with van der Waals surface area (Å²) in [6.07, 6.45) is 0.684.